The minimum absolute atomic E-state index is 0.00968. The molecule has 1 aliphatic carbocycles. The molecule has 182 valence electrons. The Kier molecular flexibility index (Phi) is 7.41. The maximum Gasteiger partial charge on any atom is 0.414 e. The van der Waals surface area contributed by atoms with E-state index in [-0.39, 0.29) is 18.1 Å². The highest BCUT2D eigenvalue weighted by Crippen LogP contribution is 2.32. The number of likely N-dealkylation sites (N-methyl/N-ethyl adjacent to an activating group) is 1. The summed E-state index contributed by atoms with van der Waals surface area (Å²) in [4.78, 5) is 32.6. The van der Waals surface area contributed by atoms with E-state index >= 15 is 0 Å². The third kappa shape index (κ3) is 5.35. The number of hydrogen-bond donors (Lipinski definition) is 2. The molecule has 0 bridgehead atoms. The second-order valence-corrected chi connectivity index (χ2v) is 9.92. The van der Waals surface area contributed by atoms with Crippen LogP contribution in [0, 0.1) is 0 Å². The number of thiazole rings is 1. The van der Waals surface area contributed by atoms with Crippen LogP contribution >= 0.6 is 11.3 Å². The number of hydrogen-bond acceptors (Lipinski definition) is 7. The van der Waals surface area contributed by atoms with Crippen LogP contribution in [-0.4, -0.2) is 53.0 Å². The van der Waals surface area contributed by atoms with E-state index in [9.17, 15) is 9.59 Å². The summed E-state index contributed by atoms with van der Waals surface area (Å²) in [6.07, 6.45) is 7.72. The van der Waals surface area contributed by atoms with E-state index in [0.29, 0.717) is 29.7 Å². The summed E-state index contributed by atoms with van der Waals surface area (Å²) in [6.45, 7) is 4.74. The molecular formula is C25H33N5O3S. The van der Waals surface area contributed by atoms with Gasteiger partial charge in [0.2, 0.25) is 5.91 Å². The second kappa shape index (κ2) is 10.5. The van der Waals surface area contributed by atoms with Crippen LogP contribution in [0.1, 0.15) is 57.9 Å². The van der Waals surface area contributed by atoms with Crippen molar-refractivity contribution in [3.05, 3.63) is 41.4 Å². The fourth-order valence-electron chi connectivity index (χ4n) is 4.44. The van der Waals surface area contributed by atoms with E-state index in [1.54, 1.807) is 4.90 Å². The normalized spacial score (nSPS) is 17.9. The number of nitrogens with zero attached hydrogens (tertiary/aromatic N) is 3. The molecule has 1 saturated carbocycles. The lowest BCUT2D eigenvalue weighted by molar-refractivity contribution is -0.114. The summed E-state index contributed by atoms with van der Waals surface area (Å²) in [5.41, 5.74) is 10.1. The molecule has 0 saturated heterocycles. The Bertz CT molecular complexity index is 1130. The standard InChI is InChI=1S/C25H33N5O3S/c1-4-17(18-10-11-20-22(15-18)34-24(28-20)27-16(2)31)14-21-23(26)29(3)12-13-30(21)25(32)33-19-8-6-5-7-9-19/h10-11,14-15,19H,4-9,12-13,26H2,1-3H3,(H,27,28,31)/b17-14+. The number of nitrogens with two attached hydrogens (primary N) is 1. The number of amides is 2. The smallest absolute Gasteiger partial charge is 0.414 e. The predicted octanol–water partition coefficient (Wildman–Crippen LogP) is 4.89. The summed E-state index contributed by atoms with van der Waals surface area (Å²) < 4.78 is 6.85. The van der Waals surface area contributed by atoms with Gasteiger partial charge in [-0.05, 0) is 61.4 Å². The van der Waals surface area contributed by atoms with Crippen LogP contribution in [0.2, 0.25) is 0 Å². The number of fused-ring (bicyclic) bond motifs is 1. The van der Waals surface area contributed by atoms with Crippen molar-refractivity contribution >= 4 is 44.3 Å². The van der Waals surface area contributed by atoms with Crippen molar-refractivity contribution in [2.24, 2.45) is 5.73 Å². The lowest BCUT2D eigenvalue weighted by atomic mass is 9.98. The lowest BCUT2D eigenvalue weighted by Gasteiger charge is -2.36. The number of carbonyl (C=O) groups excluding carboxylic acids is 2. The fourth-order valence-corrected chi connectivity index (χ4v) is 5.39. The number of anilines is 1. The summed E-state index contributed by atoms with van der Waals surface area (Å²) >= 11 is 1.44. The van der Waals surface area contributed by atoms with Gasteiger partial charge in [-0.2, -0.15) is 0 Å². The third-order valence-electron chi connectivity index (χ3n) is 6.40. The van der Waals surface area contributed by atoms with Gasteiger partial charge in [0.1, 0.15) is 11.9 Å². The third-order valence-corrected chi connectivity index (χ3v) is 7.33. The zero-order chi connectivity index (χ0) is 24.2. The molecule has 2 heterocycles. The minimum atomic E-state index is -0.317. The molecule has 0 radical (unpaired) electrons. The van der Waals surface area contributed by atoms with Crippen molar-refractivity contribution in [1.82, 2.24) is 14.8 Å². The van der Waals surface area contributed by atoms with Gasteiger partial charge in [0.25, 0.3) is 0 Å². The molecule has 1 aromatic heterocycles. The molecular weight excluding hydrogens is 450 g/mol. The minimum Gasteiger partial charge on any atom is -0.446 e. The Balaban J connectivity index is 1.63. The Hall–Kier alpha value is -3.07. The van der Waals surface area contributed by atoms with E-state index in [1.807, 2.05) is 30.2 Å². The van der Waals surface area contributed by atoms with Gasteiger partial charge >= 0.3 is 6.09 Å². The Morgan fingerprint density at radius 2 is 2.03 bits per heavy atom. The fraction of sp³-hybridized carbons (Fsp3) is 0.480. The Morgan fingerprint density at radius 3 is 2.74 bits per heavy atom. The largest absolute Gasteiger partial charge is 0.446 e. The molecule has 2 amide bonds. The van der Waals surface area contributed by atoms with Crippen LogP contribution < -0.4 is 11.1 Å². The first-order valence-electron chi connectivity index (χ1n) is 11.9. The quantitative estimate of drug-likeness (QED) is 0.628. The van der Waals surface area contributed by atoms with Crippen LogP contribution in [0.25, 0.3) is 15.8 Å². The van der Waals surface area contributed by atoms with Crippen molar-refractivity contribution in [2.75, 3.05) is 25.5 Å². The van der Waals surface area contributed by atoms with Gasteiger partial charge in [0.05, 0.1) is 15.9 Å². The Labute approximate surface area is 204 Å². The van der Waals surface area contributed by atoms with Gasteiger partial charge in [-0.15, -0.1) is 0 Å². The predicted molar refractivity (Wildman–Crippen MR) is 136 cm³/mol. The first-order chi connectivity index (χ1) is 16.4. The number of rotatable bonds is 5. The molecule has 9 heteroatoms. The second-order valence-electron chi connectivity index (χ2n) is 8.89. The zero-order valence-corrected chi connectivity index (χ0v) is 20.9. The molecule has 34 heavy (non-hydrogen) atoms. The van der Waals surface area contributed by atoms with E-state index < -0.39 is 0 Å². The number of nitrogens with one attached hydrogen (secondary N) is 1. The maximum atomic E-state index is 13.1. The van der Waals surface area contributed by atoms with Crippen LogP contribution in [-0.2, 0) is 9.53 Å². The highest BCUT2D eigenvalue weighted by Gasteiger charge is 2.29. The molecule has 1 aromatic carbocycles. The van der Waals surface area contributed by atoms with Gasteiger partial charge in [0.15, 0.2) is 5.13 Å². The van der Waals surface area contributed by atoms with E-state index in [1.165, 1.54) is 24.7 Å². The number of benzene rings is 1. The van der Waals surface area contributed by atoms with Crippen LogP contribution in [0.3, 0.4) is 0 Å². The van der Waals surface area contributed by atoms with Crippen molar-refractivity contribution in [2.45, 2.75) is 58.5 Å². The highest BCUT2D eigenvalue weighted by atomic mass is 32.1. The SMILES string of the molecule is CC/C(=C\C1=C(N)N(C)CCN1C(=O)OC1CCCCC1)c1ccc2nc(NC(C)=O)sc2c1. The van der Waals surface area contributed by atoms with Crippen LogP contribution in [0.15, 0.2) is 35.8 Å². The van der Waals surface area contributed by atoms with E-state index in [4.69, 9.17) is 10.5 Å². The first kappa shape index (κ1) is 24.1. The van der Waals surface area contributed by atoms with E-state index in [2.05, 4.69) is 23.3 Å². The van der Waals surface area contributed by atoms with Gasteiger partial charge < -0.3 is 20.7 Å². The summed E-state index contributed by atoms with van der Waals surface area (Å²) in [6, 6.07) is 6.04. The molecule has 2 aliphatic rings. The topological polar surface area (TPSA) is 101 Å². The number of allylic oxidation sites excluding steroid dienone is 2. The summed E-state index contributed by atoms with van der Waals surface area (Å²) in [5, 5.41) is 3.33. The van der Waals surface area contributed by atoms with Crippen molar-refractivity contribution in [3.63, 3.8) is 0 Å². The van der Waals surface area contributed by atoms with E-state index in [0.717, 1.165) is 53.5 Å². The van der Waals surface area contributed by atoms with Gasteiger partial charge in [-0.1, -0.05) is 30.7 Å². The molecule has 0 spiro atoms. The van der Waals surface area contributed by atoms with Gasteiger partial charge in [-0.25, -0.2) is 9.78 Å². The number of aromatic nitrogens is 1. The molecule has 0 atom stereocenters. The average Bonchev–Trinajstić information content (AvgIpc) is 3.21. The van der Waals surface area contributed by atoms with Crippen molar-refractivity contribution in [3.8, 4) is 0 Å². The van der Waals surface area contributed by atoms with Crippen LogP contribution in [0.4, 0.5) is 9.93 Å². The van der Waals surface area contributed by atoms with Crippen molar-refractivity contribution in [1.29, 1.82) is 0 Å². The molecule has 8 nitrogen and oxygen atoms in total. The van der Waals surface area contributed by atoms with Gasteiger partial charge in [-0.3, -0.25) is 9.69 Å². The first-order valence-corrected chi connectivity index (χ1v) is 12.8. The highest BCUT2D eigenvalue weighted by molar-refractivity contribution is 7.22. The number of carbonyl (C=O) groups is 2. The van der Waals surface area contributed by atoms with Crippen molar-refractivity contribution < 1.29 is 14.3 Å². The zero-order valence-electron chi connectivity index (χ0n) is 20.1. The molecule has 0 unspecified atom stereocenters. The average molecular weight is 484 g/mol. The molecule has 1 fully saturated rings. The van der Waals surface area contributed by atoms with Gasteiger partial charge in [0, 0.05) is 27.1 Å². The maximum absolute atomic E-state index is 13.1. The monoisotopic (exact) mass is 483 g/mol. The lowest BCUT2D eigenvalue weighted by Crippen LogP contribution is -2.46. The molecule has 3 N–H and O–H groups in total. The summed E-state index contributed by atoms with van der Waals surface area (Å²) in [7, 11) is 1.94. The van der Waals surface area contributed by atoms with Crippen LogP contribution in [0.5, 0.6) is 0 Å². The molecule has 4 rings (SSSR count). The molecule has 2 aromatic rings. The Morgan fingerprint density at radius 1 is 1.26 bits per heavy atom. The summed E-state index contributed by atoms with van der Waals surface area (Å²) in [5.74, 6) is 0.419. The molecule has 1 aliphatic heterocycles. The number of ether oxygens (including phenoxy) is 1.